The Morgan fingerprint density at radius 1 is 1.16 bits per heavy atom. The molecule has 0 fully saturated rings. The third kappa shape index (κ3) is 3.41. The van der Waals surface area contributed by atoms with Gasteiger partial charge in [-0.15, -0.1) is 0 Å². The van der Waals surface area contributed by atoms with Crippen molar-refractivity contribution in [1.29, 1.82) is 0 Å². The van der Waals surface area contributed by atoms with E-state index in [0.717, 1.165) is 0 Å². The highest BCUT2D eigenvalue weighted by Crippen LogP contribution is 2.32. The lowest BCUT2D eigenvalue weighted by atomic mass is 10.2. The Morgan fingerprint density at radius 3 is 2.60 bits per heavy atom. The van der Waals surface area contributed by atoms with Crippen LogP contribution in [0.1, 0.15) is 18.0 Å². The van der Waals surface area contributed by atoms with Gasteiger partial charge >= 0.3 is 0 Å². The maximum atomic E-state index is 12.5. The summed E-state index contributed by atoms with van der Waals surface area (Å²) < 4.78 is 1.54. The van der Waals surface area contributed by atoms with E-state index in [-0.39, 0.29) is 16.8 Å². The topological polar surface area (TPSA) is 103 Å². The van der Waals surface area contributed by atoms with Crippen molar-refractivity contribution in [2.24, 2.45) is 7.05 Å². The van der Waals surface area contributed by atoms with Gasteiger partial charge in [0.15, 0.2) is 5.16 Å². The second-order valence-corrected chi connectivity index (χ2v) is 7.09. The molecule has 9 heteroatoms. The van der Waals surface area contributed by atoms with E-state index in [1.54, 1.807) is 22.6 Å². The molecule has 0 bridgehead atoms. The van der Waals surface area contributed by atoms with Crippen LogP contribution in [-0.4, -0.2) is 38.6 Å². The van der Waals surface area contributed by atoms with Crippen molar-refractivity contribution in [3.63, 3.8) is 0 Å². The van der Waals surface area contributed by atoms with E-state index >= 15 is 0 Å². The molecule has 0 spiro atoms. The van der Waals surface area contributed by atoms with Crippen LogP contribution in [0.25, 0.3) is 10.9 Å². The highest BCUT2D eigenvalue weighted by atomic mass is 32.2. The van der Waals surface area contributed by atoms with E-state index in [4.69, 9.17) is 5.73 Å². The zero-order valence-corrected chi connectivity index (χ0v) is 15.3. The number of para-hydroxylation sites is 1. The summed E-state index contributed by atoms with van der Waals surface area (Å²) in [5, 5.41) is 1.05. The number of fused-ring (bicyclic) bond motifs is 1. The average molecular weight is 357 g/mol. The molecule has 8 nitrogen and oxygen atoms in total. The fourth-order valence-electron chi connectivity index (χ4n) is 2.29. The summed E-state index contributed by atoms with van der Waals surface area (Å²) in [7, 11) is 5.39. The molecule has 130 valence electrons. The van der Waals surface area contributed by atoms with Gasteiger partial charge in [0.25, 0.3) is 5.56 Å². The molecule has 2 N–H and O–H groups in total. The molecular weight excluding hydrogens is 338 g/mol. The van der Waals surface area contributed by atoms with Gasteiger partial charge in [-0.25, -0.2) is 4.98 Å². The lowest BCUT2D eigenvalue weighted by molar-refractivity contribution is 0.721. The molecule has 1 atom stereocenters. The largest absolute Gasteiger partial charge is 0.368 e. The molecule has 2 heterocycles. The van der Waals surface area contributed by atoms with Crippen molar-refractivity contribution in [3.05, 3.63) is 40.4 Å². The van der Waals surface area contributed by atoms with Gasteiger partial charge in [0.1, 0.15) is 5.82 Å². The Balaban J connectivity index is 1.99. The van der Waals surface area contributed by atoms with Crippen LogP contribution in [0.4, 0.5) is 11.9 Å². The summed E-state index contributed by atoms with van der Waals surface area (Å²) in [6, 6.07) is 7.30. The third-order valence-electron chi connectivity index (χ3n) is 3.65. The second kappa shape index (κ2) is 6.67. The molecule has 3 aromatic rings. The van der Waals surface area contributed by atoms with Gasteiger partial charge in [0.2, 0.25) is 11.9 Å². The fourth-order valence-corrected chi connectivity index (χ4v) is 3.21. The minimum absolute atomic E-state index is 0.0792. The zero-order chi connectivity index (χ0) is 18.1. The highest BCUT2D eigenvalue weighted by molar-refractivity contribution is 7.99. The SMILES string of the molecule is C[C@@H](Sc1nc2ccccc2c(=O)n1C)c1nc(N)nc(N(C)C)n1. The lowest BCUT2D eigenvalue weighted by Crippen LogP contribution is -2.20. The Labute approximate surface area is 149 Å². The number of rotatable bonds is 4. The van der Waals surface area contributed by atoms with Crippen LogP contribution in [0.3, 0.4) is 0 Å². The molecule has 3 rings (SSSR count). The predicted molar refractivity (Wildman–Crippen MR) is 99.8 cm³/mol. The van der Waals surface area contributed by atoms with Crippen molar-refractivity contribution in [3.8, 4) is 0 Å². The predicted octanol–water partition coefficient (Wildman–Crippen LogP) is 1.62. The van der Waals surface area contributed by atoms with Crippen LogP contribution in [0.2, 0.25) is 0 Å². The Kier molecular flexibility index (Phi) is 4.58. The molecule has 2 aromatic heterocycles. The smallest absolute Gasteiger partial charge is 0.261 e. The number of thioether (sulfide) groups is 1. The van der Waals surface area contributed by atoms with Gasteiger partial charge < -0.3 is 10.6 Å². The minimum Gasteiger partial charge on any atom is -0.368 e. The van der Waals surface area contributed by atoms with Crippen molar-refractivity contribution >= 4 is 34.6 Å². The number of nitrogens with zero attached hydrogens (tertiary/aromatic N) is 6. The number of nitrogens with two attached hydrogens (primary N) is 1. The highest BCUT2D eigenvalue weighted by Gasteiger charge is 2.18. The molecule has 1 aromatic carbocycles. The summed E-state index contributed by atoms with van der Waals surface area (Å²) in [4.78, 5) is 31.6. The van der Waals surface area contributed by atoms with E-state index in [1.807, 2.05) is 39.2 Å². The van der Waals surface area contributed by atoms with Crippen molar-refractivity contribution < 1.29 is 0 Å². The van der Waals surface area contributed by atoms with Crippen molar-refractivity contribution in [1.82, 2.24) is 24.5 Å². The van der Waals surface area contributed by atoms with E-state index in [2.05, 4.69) is 19.9 Å². The molecule has 0 unspecified atom stereocenters. The summed E-state index contributed by atoms with van der Waals surface area (Å²) in [6.07, 6.45) is 0. The maximum Gasteiger partial charge on any atom is 0.261 e. The first-order chi connectivity index (χ1) is 11.9. The molecule has 0 aliphatic carbocycles. The second-order valence-electron chi connectivity index (χ2n) is 5.78. The molecule has 0 saturated heterocycles. The number of nitrogen functional groups attached to an aromatic ring is 1. The van der Waals surface area contributed by atoms with E-state index in [9.17, 15) is 4.79 Å². The first kappa shape index (κ1) is 17.2. The van der Waals surface area contributed by atoms with Gasteiger partial charge in [0.05, 0.1) is 16.2 Å². The Morgan fingerprint density at radius 2 is 1.88 bits per heavy atom. The van der Waals surface area contributed by atoms with Gasteiger partial charge in [-0.3, -0.25) is 9.36 Å². The fraction of sp³-hybridized carbons (Fsp3) is 0.312. The number of anilines is 2. The molecule has 0 saturated carbocycles. The molecule has 25 heavy (non-hydrogen) atoms. The van der Waals surface area contributed by atoms with Crippen LogP contribution >= 0.6 is 11.8 Å². The quantitative estimate of drug-likeness (QED) is 0.555. The normalized spacial score (nSPS) is 12.3. The molecule has 0 radical (unpaired) electrons. The number of benzene rings is 1. The molecule has 0 aliphatic heterocycles. The Hall–Kier alpha value is -2.68. The monoisotopic (exact) mass is 357 g/mol. The molecular formula is C16H19N7OS. The van der Waals surface area contributed by atoms with E-state index in [0.29, 0.717) is 27.8 Å². The van der Waals surface area contributed by atoms with Crippen LogP contribution < -0.4 is 16.2 Å². The summed E-state index contributed by atoms with van der Waals surface area (Å²) >= 11 is 1.41. The molecule has 0 amide bonds. The van der Waals surface area contributed by atoms with Crippen LogP contribution in [0.15, 0.2) is 34.2 Å². The number of hydrogen-bond acceptors (Lipinski definition) is 8. The first-order valence-corrected chi connectivity index (χ1v) is 8.56. The van der Waals surface area contributed by atoms with E-state index in [1.165, 1.54) is 11.8 Å². The van der Waals surface area contributed by atoms with Gasteiger partial charge in [-0.05, 0) is 19.1 Å². The number of hydrogen-bond donors (Lipinski definition) is 1. The van der Waals surface area contributed by atoms with Crippen LogP contribution in [-0.2, 0) is 7.05 Å². The average Bonchev–Trinajstić information content (AvgIpc) is 2.58. The van der Waals surface area contributed by atoms with Crippen LogP contribution in [0.5, 0.6) is 0 Å². The summed E-state index contributed by atoms with van der Waals surface area (Å²) in [6.45, 7) is 1.94. The lowest BCUT2D eigenvalue weighted by Gasteiger charge is -2.15. The summed E-state index contributed by atoms with van der Waals surface area (Å²) in [5.74, 6) is 1.21. The summed E-state index contributed by atoms with van der Waals surface area (Å²) in [5.41, 5.74) is 6.38. The number of aromatic nitrogens is 5. The van der Waals surface area contributed by atoms with Crippen molar-refractivity contribution in [2.75, 3.05) is 24.7 Å². The zero-order valence-electron chi connectivity index (χ0n) is 14.5. The third-order valence-corrected chi connectivity index (χ3v) is 4.79. The van der Waals surface area contributed by atoms with Gasteiger partial charge in [-0.2, -0.15) is 15.0 Å². The minimum atomic E-state index is -0.150. The van der Waals surface area contributed by atoms with Crippen LogP contribution in [0, 0.1) is 0 Å². The van der Waals surface area contributed by atoms with Crippen molar-refractivity contribution in [2.45, 2.75) is 17.3 Å². The van der Waals surface area contributed by atoms with Gasteiger partial charge in [-0.1, -0.05) is 23.9 Å². The van der Waals surface area contributed by atoms with Gasteiger partial charge in [0, 0.05) is 21.1 Å². The standard InChI is InChI=1S/C16H19N7OS/c1-9(12-19-14(17)21-15(20-12)22(2)3)25-16-18-11-8-6-5-7-10(11)13(24)23(16)4/h5-9H,1-4H3,(H2,17,19,20,21)/t9-/m1/s1. The molecule has 0 aliphatic rings. The maximum absolute atomic E-state index is 12.5. The van der Waals surface area contributed by atoms with E-state index < -0.39 is 0 Å². The first-order valence-electron chi connectivity index (χ1n) is 7.68. The Bertz CT molecular complexity index is 986.